The van der Waals surface area contributed by atoms with E-state index in [0.29, 0.717) is 10.7 Å². The number of carbonyl (C=O) groups excluding carboxylic acids is 1. The lowest BCUT2D eigenvalue weighted by atomic mass is 10.1. The molecule has 2 rings (SSSR count). The lowest BCUT2D eigenvalue weighted by Gasteiger charge is -2.10. The van der Waals surface area contributed by atoms with E-state index < -0.39 is 17.5 Å². The van der Waals surface area contributed by atoms with Crippen molar-refractivity contribution >= 4 is 51.5 Å². The Morgan fingerprint density at radius 1 is 1.19 bits per heavy atom. The number of carbonyl (C=O) groups is 1. The van der Waals surface area contributed by atoms with E-state index >= 15 is 0 Å². The third kappa shape index (κ3) is 3.62. The fourth-order valence-corrected chi connectivity index (χ4v) is 2.73. The standard InChI is InChI=1S/C14H10ClF2IN2O/c1-19-13-9(16)4-7(5-10(13)17)14(21)20-12-3-2-8(15)6-11(12)18/h2-6,19H,1H3,(H,20,21). The molecule has 0 fully saturated rings. The predicted molar refractivity (Wildman–Crippen MR) is 88.0 cm³/mol. The Morgan fingerprint density at radius 3 is 2.33 bits per heavy atom. The van der Waals surface area contributed by atoms with Crippen LogP contribution in [0.5, 0.6) is 0 Å². The van der Waals surface area contributed by atoms with Crippen LogP contribution in [0.4, 0.5) is 20.2 Å². The molecule has 0 aromatic heterocycles. The summed E-state index contributed by atoms with van der Waals surface area (Å²) in [7, 11) is 1.40. The van der Waals surface area contributed by atoms with Crippen molar-refractivity contribution in [3.8, 4) is 0 Å². The second-order valence-corrected chi connectivity index (χ2v) is 5.74. The lowest BCUT2D eigenvalue weighted by Crippen LogP contribution is -2.14. The lowest BCUT2D eigenvalue weighted by molar-refractivity contribution is 0.102. The molecule has 0 bridgehead atoms. The molecule has 0 aliphatic rings. The van der Waals surface area contributed by atoms with Gasteiger partial charge in [-0.2, -0.15) is 0 Å². The SMILES string of the molecule is CNc1c(F)cc(C(=O)Nc2ccc(Cl)cc2I)cc1F. The molecule has 110 valence electrons. The van der Waals surface area contributed by atoms with Crippen LogP contribution in [-0.4, -0.2) is 13.0 Å². The van der Waals surface area contributed by atoms with Gasteiger partial charge >= 0.3 is 0 Å². The fraction of sp³-hybridized carbons (Fsp3) is 0.0714. The van der Waals surface area contributed by atoms with Crippen molar-refractivity contribution in [2.75, 3.05) is 17.7 Å². The van der Waals surface area contributed by atoms with Gasteiger partial charge in [-0.1, -0.05) is 11.6 Å². The maximum atomic E-state index is 13.6. The average Bonchev–Trinajstić information content (AvgIpc) is 2.41. The van der Waals surface area contributed by atoms with E-state index in [1.54, 1.807) is 18.2 Å². The normalized spacial score (nSPS) is 10.3. The maximum absolute atomic E-state index is 13.6. The second-order valence-electron chi connectivity index (χ2n) is 4.14. The molecule has 7 heteroatoms. The van der Waals surface area contributed by atoms with Crippen molar-refractivity contribution in [1.82, 2.24) is 0 Å². The Kier molecular flexibility index (Phi) is 5.00. The van der Waals surface area contributed by atoms with E-state index in [9.17, 15) is 13.6 Å². The number of hydrogen-bond donors (Lipinski definition) is 2. The van der Waals surface area contributed by atoms with Gasteiger partial charge in [0.1, 0.15) is 17.3 Å². The third-order valence-electron chi connectivity index (χ3n) is 2.73. The summed E-state index contributed by atoms with van der Waals surface area (Å²) < 4.78 is 28.0. The molecule has 21 heavy (non-hydrogen) atoms. The first kappa shape index (κ1) is 16.0. The first-order valence-electron chi connectivity index (χ1n) is 5.85. The monoisotopic (exact) mass is 422 g/mol. The molecule has 2 N–H and O–H groups in total. The molecule has 0 spiro atoms. The number of benzene rings is 2. The Hall–Kier alpha value is -1.41. The number of nitrogens with one attached hydrogen (secondary N) is 2. The smallest absolute Gasteiger partial charge is 0.255 e. The molecular weight excluding hydrogens is 413 g/mol. The van der Waals surface area contributed by atoms with Crippen LogP contribution >= 0.6 is 34.2 Å². The Balaban J connectivity index is 2.28. The van der Waals surface area contributed by atoms with Gasteiger partial charge in [-0.05, 0) is 52.9 Å². The third-order valence-corrected chi connectivity index (χ3v) is 3.86. The summed E-state index contributed by atoms with van der Waals surface area (Å²) in [5.41, 5.74) is 0.144. The number of anilines is 2. The van der Waals surface area contributed by atoms with Gasteiger partial charge in [0, 0.05) is 21.2 Å². The van der Waals surface area contributed by atoms with E-state index in [1.807, 2.05) is 22.6 Å². The quantitative estimate of drug-likeness (QED) is 0.714. The molecule has 0 aliphatic carbocycles. The summed E-state index contributed by atoms with van der Waals surface area (Å²) in [6, 6.07) is 6.87. The summed E-state index contributed by atoms with van der Waals surface area (Å²) in [5, 5.41) is 5.52. The summed E-state index contributed by atoms with van der Waals surface area (Å²) in [4.78, 5) is 12.1. The molecule has 2 aromatic rings. The molecule has 2 aromatic carbocycles. The summed E-state index contributed by atoms with van der Waals surface area (Å²) in [5.74, 6) is -2.25. The largest absolute Gasteiger partial charge is 0.383 e. The Bertz CT molecular complexity index is 686. The number of hydrogen-bond acceptors (Lipinski definition) is 2. The van der Waals surface area contributed by atoms with Crippen LogP contribution in [0.3, 0.4) is 0 Å². The minimum Gasteiger partial charge on any atom is -0.383 e. The zero-order valence-electron chi connectivity index (χ0n) is 10.8. The van der Waals surface area contributed by atoms with E-state index in [4.69, 9.17) is 11.6 Å². The molecule has 3 nitrogen and oxygen atoms in total. The first-order chi connectivity index (χ1) is 9.92. The predicted octanol–water partition coefficient (Wildman–Crippen LogP) is 4.52. The van der Waals surface area contributed by atoms with E-state index in [0.717, 1.165) is 15.7 Å². The van der Waals surface area contributed by atoms with Gasteiger partial charge in [-0.25, -0.2) is 8.78 Å². The van der Waals surface area contributed by atoms with Crippen LogP contribution in [0.1, 0.15) is 10.4 Å². The minimum atomic E-state index is -0.826. The average molecular weight is 423 g/mol. The van der Waals surface area contributed by atoms with E-state index in [2.05, 4.69) is 10.6 Å². The van der Waals surface area contributed by atoms with E-state index in [1.165, 1.54) is 7.05 Å². The summed E-state index contributed by atoms with van der Waals surface area (Å²) >= 11 is 7.83. The molecule has 0 atom stereocenters. The zero-order valence-corrected chi connectivity index (χ0v) is 13.7. The van der Waals surface area contributed by atoms with Gasteiger partial charge in [-0.15, -0.1) is 0 Å². The van der Waals surface area contributed by atoms with Gasteiger partial charge in [0.25, 0.3) is 5.91 Å². The maximum Gasteiger partial charge on any atom is 0.255 e. The highest BCUT2D eigenvalue weighted by Gasteiger charge is 2.15. The molecule has 0 unspecified atom stereocenters. The number of amides is 1. The van der Waals surface area contributed by atoms with Crippen molar-refractivity contribution in [3.05, 3.63) is 56.1 Å². The van der Waals surface area contributed by atoms with Crippen LogP contribution < -0.4 is 10.6 Å². The van der Waals surface area contributed by atoms with Crippen LogP contribution in [0.25, 0.3) is 0 Å². The van der Waals surface area contributed by atoms with Gasteiger partial charge in [0.05, 0.1) is 5.69 Å². The Morgan fingerprint density at radius 2 is 1.81 bits per heavy atom. The molecule has 0 heterocycles. The highest BCUT2D eigenvalue weighted by atomic mass is 127. The zero-order chi connectivity index (χ0) is 15.6. The molecule has 0 radical (unpaired) electrons. The van der Waals surface area contributed by atoms with Crippen molar-refractivity contribution < 1.29 is 13.6 Å². The summed E-state index contributed by atoms with van der Waals surface area (Å²) in [6.07, 6.45) is 0. The minimum absolute atomic E-state index is 0.102. The highest BCUT2D eigenvalue weighted by Crippen LogP contribution is 2.24. The van der Waals surface area contributed by atoms with Gasteiger partial charge in [-0.3, -0.25) is 4.79 Å². The fourth-order valence-electron chi connectivity index (χ4n) is 1.73. The molecular formula is C14H10ClF2IN2O. The number of rotatable bonds is 3. The topological polar surface area (TPSA) is 41.1 Å². The highest BCUT2D eigenvalue weighted by molar-refractivity contribution is 14.1. The van der Waals surface area contributed by atoms with Gasteiger partial charge in [0.15, 0.2) is 0 Å². The first-order valence-corrected chi connectivity index (χ1v) is 7.31. The van der Waals surface area contributed by atoms with Crippen molar-refractivity contribution in [2.24, 2.45) is 0 Å². The van der Waals surface area contributed by atoms with Gasteiger partial charge < -0.3 is 10.6 Å². The van der Waals surface area contributed by atoms with Crippen LogP contribution in [-0.2, 0) is 0 Å². The summed E-state index contributed by atoms with van der Waals surface area (Å²) in [6.45, 7) is 0. The Labute approximate surface area is 138 Å². The number of halogens is 4. The van der Waals surface area contributed by atoms with Crippen molar-refractivity contribution in [1.29, 1.82) is 0 Å². The van der Waals surface area contributed by atoms with Crippen LogP contribution in [0, 0.1) is 15.2 Å². The van der Waals surface area contributed by atoms with Gasteiger partial charge in [0.2, 0.25) is 0 Å². The van der Waals surface area contributed by atoms with Crippen molar-refractivity contribution in [2.45, 2.75) is 0 Å². The molecule has 0 saturated heterocycles. The van der Waals surface area contributed by atoms with Crippen LogP contribution in [0.15, 0.2) is 30.3 Å². The van der Waals surface area contributed by atoms with Crippen molar-refractivity contribution in [3.63, 3.8) is 0 Å². The molecule has 0 aliphatic heterocycles. The second kappa shape index (κ2) is 6.57. The van der Waals surface area contributed by atoms with Crippen LogP contribution in [0.2, 0.25) is 5.02 Å². The van der Waals surface area contributed by atoms with E-state index in [-0.39, 0.29) is 11.3 Å². The molecule has 0 saturated carbocycles. The molecule has 1 amide bonds.